The molecule has 1 aliphatic heterocycles. The number of morpholine rings is 1. The zero-order valence-corrected chi connectivity index (χ0v) is 9.68. The molecule has 0 aliphatic carbocycles. The fourth-order valence-corrected chi connectivity index (χ4v) is 1.19. The summed E-state index contributed by atoms with van der Waals surface area (Å²) in [4.78, 5) is 10.4. The molecule has 1 rings (SSSR count). The van der Waals surface area contributed by atoms with Crippen LogP contribution in [0, 0.1) is 0 Å². The molecule has 0 aromatic heterocycles. The molecule has 0 aromatic rings. The minimum atomic E-state index is -0.274. The van der Waals surface area contributed by atoms with Crippen LogP contribution in [0.1, 0.15) is 6.92 Å². The van der Waals surface area contributed by atoms with Gasteiger partial charge in [0.05, 0.1) is 25.9 Å². The van der Waals surface area contributed by atoms with Crippen molar-refractivity contribution in [1.29, 1.82) is 0 Å². The van der Waals surface area contributed by atoms with E-state index in [1.54, 1.807) is 0 Å². The summed E-state index contributed by atoms with van der Waals surface area (Å²) < 4.78 is 15.4. The molecule has 0 amide bonds. The first kappa shape index (κ1) is 14.6. The zero-order chi connectivity index (χ0) is 10.2. The van der Waals surface area contributed by atoms with Gasteiger partial charge >= 0.3 is 5.97 Å². The molecule has 1 saturated heterocycles. The van der Waals surface area contributed by atoms with Crippen molar-refractivity contribution in [2.75, 3.05) is 39.5 Å². The topological polar surface area (TPSA) is 56.8 Å². The van der Waals surface area contributed by atoms with Gasteiger partial charge in [0.1, 0.15) is 6.61 Å². The van der Waals surface area contributed by atoms with Gasteiger partial charge in [-0.2, -0.15) is 0 Å². The predicted octanol–water partition coefficient (Wildman–Crippen LogP) is -0.0237. The molecule has 0 bridgehead atoms. The van der Waals surface area contributed by atoms with Gasteiger partial charge in [0.2, 0.25) is 0 Å². The first-order valence-electron chi connectivity index (χ1n) is 4.82. The van der Waals surface area contributed by atoms with E-state index < -0.39 is 0 Å². The third-order valence-corrected chi connectivity index (χ3v) is 1.84. The van der Waals surface area contributed by atoms with Crippen LogP contribution in [0.4, 0.5) is 0 Å². The Kier molecular flexibility index (Phi) is 8.70. The Hall–Kier alpha value is -0.360. The maximum absolute atomic E-state index is 10.4. The second-order valence-electron chi connectivity index (χ2n) is 3.11. The Morgan fingerprint density at radius 2 is 2.33 bits per heavy atom. The normalized spacial score (nSPS) is 20.5. The second-order valence-corrected chi connectivity index (χ2v) is 3.11. The summed E-state index contributed by atoms with van der Waals surface area (Å²) in [7, 11) is 0. The van der Waals surface area contributed by atoms with Gasteiger partial charge < -0.3 is 19.5 Å². The van der Waals surface area contributed by atoms with E-state index in [2.05, 4.69) is 5.32 Å². The maximum Gasteiger partial charge on any atom is 0.302 e. The second kappa shape index (κ2) is 8.91. The zero-order valence-electron chi connectivity index (χ0n) is 8.86. The lowest BCUT2D eigenvalue weighted by Gasteiger charge is -2.23. The van der Waals surface area contributed by atoms with Crippen LogP contribution in [0.3, 0.4) is 0 Å². The van der Waals surface area contributed by atoms with E-state index in [4.69, 9.17) is 14.2 Å². The van der Waals surface area contributed by atoms with Gasteiger partial charge in [-0.3, -0.25) is 4.79 Å². The lowest BCUT2D eigenvalue weighted by molar-refractivity contribution is -0.143. The average Bonchev–Trinajstić information content (AvgIpc) is 2.18. The molecule has 6 heteroatoms. The van der Waals surface area contributed by atoms with Gasteiger partial charge in [-0.15, -0.1) is 12.4 Å². The molecule has 90 valence electrons. The third-order valence-electron chi connectivity index (χ3n) is 1.84. The molecule has 1 heterocycles. The van der Waals surface area contributed by atoms with Crippen molar-refractivity contribution in [1.82, 2.24) is 5.32 Å². The Morgan fingerprint density at radius 3 is 2.93 bits per heavy atom. The lowest BCUT2D eigenvalue weighted by atomic mass is 10.3. The van der Waals surface area contributed by atoms with Gasteiger partial charge in [-0.05, 0) is 0 Å². The lowest BCUT2D eigenvalue weighted by Crippen LogP contribution is -2.41. The van der Waals surface area contributed by atoms with Crippen molar-refractivity contribution >= 4 is 18.4 Å². The van der Waals surface area contributed by atoms with Crippen molar-refractivity contribution in [2.45, 2.75) is 13.0 Å². The van der Waals surface area contributed by atoms with Crippen molar-refractivity contribution in [3.05, 3.63) is 0 Å². The molecule has 1 fully saturated rings. The first-order valence-corrected chi connectivity index (χ1v) is 4.82. The number of hydrogen-bond donors (Lipinski definition) is 1. The smallest absolute Gasteiger partial charge is 0.302 e. The minimum Gasteiger partial charge on any atom is -0.463 e. The van der Waals surface area contributed by atoms with Gasteiger partial charge in [0.25, 0.3) is 0 Å². The van der Waals surface area contributed by atoms with E-state index in [-0.39, 0.29) is 24.5 Å². The summed E-state index contributed by atoms with van der Waals surface area (Å²) in [5.41, 5.74) is 0. The van der Waals surface area contributed by atoms with E-state index in [9.17, 15) is 4.79 Å². The molecule has 1 atom stereocenters. The maximum atomic E-state index is 10.4. The molecule has 0 radical (unpaired) electrons. The van der Waals surface area contributed by atoms with Crippen LogP contribution in [0.15, 0.2) is 0 Å². The highest BCUT2D eigenvalue weighted by Gasteiger charge is 2.12. The molecule has 1 aliphatic rings. The number of halogens is 1. The molecule has 0 spiro atoms. The average molecular weight is 240 g/mol. The van der Waals surface area contributed by atoms with Gasteiger partial charge in [0.15, 0.2) is 0 Å². The molecular formula is C9H18ClNO4. The fourth-order valence-electron chi connectivity index (χ4n) is 1.19. The molecular weight excluding hydrogens is 222 g/mol. The highest BCUT2D eigenvalue weighted by atomic mass is 35.5. The number of esters is 1. The van der Waals surface area contributed by atoms with E-state index in [0.29, 0.717) is 19.8 Å². The Bertz CT molecular complexity index is 173. The number of hydrogen-bond acceptors (Lipinski definition) is 5. The Labute approximate surface area is 95.9 Å². The summed E-state index contributed by atoms with van der Waals surface area (Å²) >= 11 is 0. The molecule has 5 nitrogen and oxygen atoms in total. The first-order chi connectivity index (χ1) is 6.79. The van der Waals surface area contributed by atoms with Crippen LogP contribution >= 0.6 is 12.4 Å². The van der Waals surface area contributed by atoms with E-state index >= 15 is 0 Å². The Balaban J connectivity index is 0.00000196. The number of carbonyl (C=O) groups excluding carboxylic acids is 1. The third kappa shape index (κ3) is 7.56. The standard InChI is InChI=1S/C9H17NO4.ClH/c1-8(11)13-5-4-12-7-9-6-10-2-3-14-9;/h9-10H,2-7H2,1H3;1H. The van der Waals surface area contributed by atoms with Crippen molar-refractivity contribution in [2.24, 2.45) is 0 Å². The largest absolute Gasteiger partial charge is 0.463 e. The van der Waals surface area contributed by atoms with Gasteiger partial charge in [-0.25, -0.2) is 0 Å². The van der Waals surface area contributed by atoms with Crippen LogP contribution in [0.2, 0.25) is 0 Å². The van der Waals surface area contributed by atoms with E-state index in [0.717, 1.165) is 19.7 Å². The van der Waals surface area contributed by atoms with Gasteiger partial charge in [0, 0.05) is 20.0 Å². The van der Waals surface area contributed by atoms with Crippen LogP contribution in [0.25, 0.3) is 0 Å². The minimum absolute atomic E-state index is 0. The quantitative estimate of drug-likeness (QED) is 0.540. The summed E-state index contributed by atoms with van der Waals surface area (Å²) in [5, 5.41) is 3.20. The number of nitrogens with one attached hydrogen (secondary N) is 1. The van der Waals surface area contributed by atoms with Crippen LogP contribution < -0.4 is 5.32 Å². The number of ether oxygens (including phenoxy) is 3. The van der Waals surface area contributed by atoms with Crippen LogP contribution in [0.5, 0.6) is 0 Å². The van der Waals surface area contributed by atoms with E-state index in [1.807, 2.05) is 0 Å². The van der Waals surface area contributed by atoms with Gasteiger partial charge in [-0.1, -0.05) is 0 Å². The van der Waals surface area contributed by atoms with Crippen LogP contribution in [-0.2, 0) is 19.0 Å². The fraction of sp³-hybridized carbons (Fsp3) is 0.889. The highest BCUT2D eigenvalue weighted by Crippen LogP contribution is 1.96. The summed E-state index contributed by atoms with van der Waals surface area (Å²) in [6.07, 6.45) is 0.126. The van der Waals surface area contributed by atoms with E-state index in [1.165, 1.54) is 6.92 Å². The van der Waals surface area contributed by atoms with Crippen molar-refractivity contribution in [3.8, 4) is 0 Å². The number of rotatable bonds is 5. The molecule has 15 heavy (non-hydrogen) atoms. The highest BCUT2D eigenvalue weighted by molar-refractivity contribution is 5.85. The molecule has 0 aromatic carbocycles. The molecule has 0 saturated carbocycles. The van der Waals surface area contributed by atoms with Crippen LogP contribution in [-0.4, -0.2) is 51.6 Å². The van der Waals surface area contributed by atoms with Crippen molar-refractivity contribution < 1.29 is 19.0 Å². The van der Waals surface area contributed by atoms with Crippen molar-refractivity contribution in [3.63, 3.8) is 0 Å². The number of carbonyl (C=O) groups is 1. The monoisotopic (exact) mass is 239 g/mol. The SMILES string of the molecule is CC(=O)OCCOCC1CNCCO1.Cl. The predicted molar refractivity (Wildman–Crippen MR) is 57.3 cm³/mol. The Morgan fingerprint density at radius 1 is 1.53 bits per heavy atom. The summed E-state index contributed by atoms with van der Waals surface area (Å²) in [6.45, 7) is 5.15. The molecule has 1 N–H and O–H groups in total. The summed E-state index contributed by atoms with van der Waals surface area (Å²) in [5.74, 6) is -0.274. The molecule has 1 unspecified atom stereocenters. The summed E-state index contributed by atoms with van der Waals surface area (Å²) in [6, 6.07) is 0.